The second-order valence-corrected chi connectivity index (χ2v) is 23.9. The lowest BCUT2D eigenvalue weighted by atomic mass is 10.0. The molecular formula is C82H46N6OS2. The lowest BCUT2D eigenvalue weighted by Gasteiger charge is -2.12. The third-order valence-corrected chi connectivity index (χ3v) is 19.0. The van der Waals surface area contributed by atoms with Crippen molar-refractivity contribution >= 4 is 183 Å². The number of furan rings is 1. The fraction of sp³-hybridized carbons (Fsp3) is 0. The van der Waals surface area contributed by atoms with E-state index >= 15 is 0 Å². The van der Waals surface area contributed by atoms with Crippen molar-refractivity contribution in [3.05, 3.63) is 279 Å². The third-order valence-electron chi connectivity index (χ3n) is 16.8. The molecule has 7 heterocycles. The topological polar surface area (TPSA) is 74.6 Å². The molecule has 0 aliphatic carbocycles. The van der Waals surface area contributed by atoms with E-state index in [0.717, 1.165) is 74.9 Å². The van der Waals surface area contributed by atoms with Gasteiger partial charge in [-0.3, -0.25) is 9.13 Å². The van der Waals surface area contributed by atoms with Crippen LogP contribution in [0.5, 0.6) is 0 Å². The fourth-order valence-corrected chi connectivity index (χ4v) is 15.0. The lowest BCUT2D eigenvalue weighted by molar-refractivity contribution is 0.669. The van der Waals surface area contributed by atoms with Crippen LogP contribution in [0.4, 0.5) is 0 Å². The van der Waals surface area contributed by atoms with Crippen LogP contribution in [0.2, 0.25) is 0 Å². The molecule has 91 heavy (non-hydrogen) atoms. The summed E-state index contributed by atoms with van der Waals surface area (Å²) in [6, 6.07) is 37.2. The van der Waals surface area contributed by atoms with Gasteiger partial charge in [-0.1, -0.05) is 182 Å². The number of fused-ring (bicyclic) bond motifs is 21. The fourth-order valence-electron chi connectivity index (χ4n) is 12.7. The highest BCUT2D eigenvalue weighted by atomic mass is 32.1. The molecule has 0 saturated heterocycles. The van der Waals surface area contributed by atoms with Gasteiger partial charge >= 0.3 is 0 Å². The van der Waals surface area contributed by atoms with Gasteiger partial charge in [-0.2, -0.15) is 0 Å². The maximum absolute atomic E-state index is 9.76. The molecule has 0 spiro atoms. The van der Waals surface area contributed by atoms with Crippen LogP contribution in [-0.2, 0) is 0 Å². The van der Waals surface area contributed by atoms with Gasteiger partial charge in [0.05, 0.1) is 74.6 Å². The zero-order chi connectivity index (χ0) is 78.6. The number of rotatable bonds is 4. The van der Waals surface area contributed by atoms with Crippen LogP contribution in [0.1, 0.15) is 30.2 Å². The average Bonchev–Trinajstić information content (AvgIpc) is 1.25. The van der Waals surface area contributed by atoms with Gasteiger partial charge in [0.1, 0.15) is 11.2 Å². The first-order chi connectivity index (χ1) is 54.3. The van der Waals surface area contributed by atoms with Gasteiger partial charge < -0.3 is 4.42 Å². The zero-order valence-corrected chi connectivity index (χ0v) is 48.4. The summed E-state index contributed by atoms with van der Waals surface area (Å²) in [5.74, 6) is 0.290. The molecule has 0 aliphatic heterocycles. The van der Waals surface area contributed by atoms with Gasteiger partial charge in [0.2, 0.25) is 11.9 Å². The van der Waals surface area contributed by atoms with Crippen LogP contribution in [0, 0.1) is 0 Å². The Kier molecular flexibility index (Phi) is 7.19. The SMILES string of the molecule is [2H]c1c([2H])c([2H])c2c(-c3c([2H])c([2H])c4sc5c([2H])c6c([2H])c([2H])c([2H])c([2H])c6c([2H])c5c4c3[2H])nc(-n3c4ccccc4c4c5sc6ccccc6c5ccc43)nc2c1[2H].[2H]c1c([2H])c([2H])c2c([2H])c3c(oc4c([2H])c(-c5nc(-n6c7ccccc7c7cc8ccccc8cc76)nc6ccccc56)c([2H])c([2H])c43)c([2H])c2c1[2H]. The van der Waals surface area contributed by atoms with E-state index in [1.54, 1.807) is 28.0 Å². The average molecular weight is 1220 g/mol. The lowest BCUT2D eigenvalue weighted by Crippen LogP contribution is -2.03. The molecule has 0 bridgehead atoms. The first-order valence-corrected chi connectivity index (χ1v) is 30.4. The number of benzene rings is 14. The smallest absolute Gasteiger partial charge is 0.235 e. The Balaban J connectivity index is 0.000000148. The summed E-state index contributed by atoms with van der Waals surface area (Å²) in [6.45, 7) is 0. The summed E-state index contributed by atoms with van der Waals surface area (Å²) in [4.78, 5) is 19.9. The highest BCUT2D eigenvalue weighted by molar-refractivity contribution is 7.27. The number of aromatic nitrogens is 6. The van der Waals surface area contributed by atoms with Crippen molar-refractivity contribution < 1.29 is 34.6 Å². The molecule has 0 fully saturated rings. The largest absolute Gasteiger partial charge is 0.456 e. The maximum atomic E-state index is 9.76. The summed E-state index contributed by atoms with van der Waals surface area (Å²) >= 11 is 2.52. The molecule has 0 aliphatic rings. The quantitative estimate of drug-likeness (QED) is 0.176. The number of hydrogen-bond acceptors (Lipinski definition) is 7. The second-order valence-electron chi connectivity index (χ2n) is 21.9. The molecule has 14 aromatic carbocycles. The standard InChI is InChI=1S/C42H23N3S2.C40H23N3O/c1-2-10-25-23-38-32(21-24(25)9-1)31-22-26(17-20-37(31)46-38)40-29-12-3-6-14-33(29)43-42(44-40)45-34-15-7-4-13-30(34)39-35(45)19-18-28-27-11-5-8-16-36(27)47-41(28)39;1-3-11-26-21-36-32(19-24(26)9-1)29-13-6-8-16-35(29)43(36)40-41-34-15-7-5-14-31(34)39(42-40)28-17-18-30-33-20-25-10-2-4-12-27(25)22-38(33)44-37(30)23-28/h1-23H;1-23H/i1D,2D,3D,6D,9D,10D,12D,14D,17D,20D,21D,22D,23D;2D,4D,10D,12D,17D,18D,20D,22D,23D. The van der Waals surface area contributed by atoms with E-state index in [-0.39, 0.29) is 139 Å². The van der Waals surface area contributed by atoms with Gasteiger partial charge in [-0.05, 0) is 129 Å². The molecule has 422 valence electrons. The van der Waals surface area contributed by atoms with Crippen molar-refractivity contribution in [2.45, 2.75) is 0 Å². The highest BCUT2D eigenvalue weighted by Crippen LogP contribution is 2.45. The molecule has 7 nitrogen and oxygen atoms in total. The monoisotopic (exact) mass is 1220 g/mol. The van der Waals surface area contributed by atoms with Gasteiger partial charge in [-0.25, -0.2) is 19.9 Å². The molecule has 0 N–H and O–H groups in total. The number of nitrogens with zero attached hydrogens (tertiary/aromatic N) is 6. The molecule has 0 radical (unpaired) electrons. The van der Waals surface area contributed by atoms with Crippen molar-refractivity contribution in [1.29, 1.82) is 0 Å². The number of hydrogen-bond donors (Lipinski definition) is 0. The molecule has 21 rings (SSSR count). The minimum Gasteiger partial charge on any atom is -0.456 e. The molecule has 9 heteroatoms. The van der Waals surface area contributed by atoms with Crippen LogP contribution in [0.25, 0.3) is 194 Å². The normalized spacial score (nSPS) is 15.6. The Morgan fingerprint density at radius 1 is 0.319 bits per heavy atom. The van der Waals surface area contributed by atoms with Crippen molar-refractivity contribution in [3.63, 3.8) is 0 Å². The van der Waals surface area contributed by atoms with Gasteiger partial charge in [-0.15, -0.1) is 22.7 Å². The Morgan fingerprint density at radius 2 is 0.912 bits per heavy atom. The van der Waals surface area contributed by atoms with E-state index in [9.17, 15) is 9.60 Å². The van der Waals surface area contributed by atoms with E-state index in [1.165, 1.54) is 0 Å². The maximum Gasteiger partial charge on any atom is 0.235 e. The van der Waals surface area contributed by atoms with Gasteiger partial charge in [0.15, 0.2) is 0 Å². The van der Waals surface area contributed by atoms with Crippen LogP contribution >= 0.6 is 22.7 Å². The van der Waals surface area contributed by atoms with Crippen molar-refractivity contribution in [2.24, 2.45) is 0 Å². The Hall–Kier alpha value is -11.6. The van der Waals surface area contributed by atoms with Crippen LogP contribution in [0.15, 0.2) is 283 Å². The Bertz CT molecular complexity index is 8070. The van der Waals surface area contributed by atoms with E-state index in [1.807, 2.05) is 108 Å². The zero-order valence-electron chi connectivity index (χ0n) is 68.8. The molecule has 0 amide bonds. The Labute approximate surface area is 557 Å². The molecule has 7 aromatic heterocycles. The van der Waals surface area contributed by atoms with E-state index in [4.69, 9.17) is 44.9 Å². The predicted molar refractivity (Wildman–Crippen MR) is 384 cm³/mol. The van der Waals surface area contributed by atoms with Crippen LogP contribution in [-0.4, -0.2) is 29.1 Å². The summed E-state index contributed by atoms with van der Waals surface area (Å²) in [6.07, 6.45) is 0. The minimum absolute atomic E-state index is 0.000473. The van der Waals surface area contributed by atoms with Gasteiger partial charge in [0.25, 0.3) is 0 Å². The Morgan fingerprint density at radius 3 is 1.74 bits per heavy atom. The molecule has 0 unspecified atom stereocenters. The van der Waals surface area contributed by atoms with E-state index in [2.05, 4.69) is 30.3 Å². The van der Waals surface area contributed by atoms with Crippen LogP contribution in [0.3, 0.4) is 0 Å². The van der Waals surface area contributed by atoms with Crippen molar-refractivity contribution in [3.8, 4) is 34.4 Å². The number of para-hydroxylation sites is 4. The predicted octanol–water partition coefficient (Wildman–Crippen LogP) is 22.9. The molecule has 0 saturated carbocycles. The summed E-state index contributed by atoms with van der Waals surface area (Å²) in [5, 5.41) is 7.53. The van der Waals surface area contributed by atoms with E-state index < -0.39 is 96.7 Å². The summed E-state index contributed by atoms with van der Waals surface area (Å²) in [7, 11) is 0. The number of thiophene rings is 2. The first-order valence-electron chi connectivity index (χ1n) is 39.8. The first kappa shape index (κ1) is 33.7. The summed E-state index contributed by atoms with van der Waals surface area (Å²) in [5.41, 5.74) is 2.89. The van der Waals surface area contributed by atoms with Crippen LogP contribution < -0.4 is 0 Å². The second kappa shape index (κ2) is 19.4. The summed E-state index contributed by atoms with van der Waals surface area (Å²) < 4.78 is 208. The third kappa shape index (κ3) is 7.72. The van der Waals surface area contributed by atoms with Crippen molar-refractivity contribution in [1.82, 2.24) is 29.1 Å². The minimum atomic E-state index is -0.590. The van der Waals surface area contributed by atoms with Gasteiger partial charge in [0, 0.05) is 94.6 Å². The molecule has 21 aromatic rings. The molecular weight excluding hydrogens is 1150 g/mol. The highest BCUT2D eigenvalue weighted by Gasteiger charge is 2.23. The van der Waals surface area contributed by atoms with Crippen molar-refractivity contribution in [2.75, 3.05) is 0 Å². The molecule has 0 atom stereocenters. The van der Waals surface area contributed by atoms with E-state index in [0.29, 0.717) is 27.9 Å².